The van der Waals surface area contributed by atoms with E-state index in [1.807, 2.05) is 11.3 Å². The molecule has 0 atom stereocenters. The van der Waals surface area contributed by atoms with Crippen LogP contribution in [0, 0.1) is 0 Å². The SMILES string of the molecule is c1ccc(-n2c3ccccc3c3ccc(-c4cccc5c4c4ccccc4n5-c4ccc(-c5ccc(-c6ccc(-c7cccc8sc9ccccc9c78)cc6)cc5)cc4)cc32)cc1. The van der Waals surface area contributed by atoms with Gasteiger partial charge in [-0.25, -0.2) is 0 Å². The molecule has 10 aromatic carbocycles. The third-order valence-corrected chi connectivity index (χ3v) is 14.1. The molecule has 0 radical (unpaired) electrons. The van der Waals surface area contributed by atoms with E-state index in [0.717, 1.165) is 11.4 Å². The Balaban J connectivity index is 0.836. The number of aromatic nitrogens is 2. The Hall–Kier alpha value is -7.98. The fourth-order valence-corrected chi connectivity index (χ4v) is 11.2. The molecule has 3 heterocycles. The van der Waals surface area contributed by atoms with Gasteiger partial charge in [0, 0.05) is 53.1 Å². The molecule has 0 bridgehead atoms. The van der Waals surface area contributed by atoms with Gasteiger partial charge in [-0.1, -0.05) is 170 Å². The van der Waals surface area contributed by atoms with Crippen LogP contribution in [0.3, 0.4) is 0 Å². The molecule has 0 spiro atoms. The summed E-state index contributed by atoms with van der Waals surface area (Å²) in [7, 11) is 0. The van der Waals surface area contributed by atoms with Crippen LogP contribution in [0.2, 0.25) is 0 Å². The van der Waals surface area contributed by atoms with E-state index in [2.05, 4.69) is 240 Å². The van der Waals surface area contributed by atoms with Gasteiger partial charge in [-0.2, -0.15) is 0 Å². The first-order chi connectivity index (χ1) is 31.2. The number of nitrogens with zero attached hydrogens (tertiary/aromatic N) is 2. The molecule has 3 aromatic heterocycles. The second-order valence-corrected chi connectivity index (χ2v) is 17.5. The maximum atomic E-state index is 2.42. The summed E-state index contributed by atoms with van der Waals surface area (Å²) in [5.41, 5.74) is 16.9. The lowest BCUT2D eigenvalue weighted by Gasteiger charge is -2.11. The molecule has 294 valence electrons. The normalized spacial score (nSPS) is 11.8. The van der Waals surface area contributed by atoms with E-state index in [1.165, 1.54) is 108 Å². The largest absolute Gasteiger partial charge is 0.309 e. The molecule has 3 heteroatoms. The van der Waals surface area contributed by atoms with Crippen molar-refractivity contribution in [3.8, 4) is 55.9 Å². The lowest BCUT2D eigenvalue weighted by Crippen LogP contribution is -1.94. The average molecular weight is 819 g/mol. The summed E-state index contributed by atoms with van der Waals surface area (Å²) in [6.45, 7) is 0. The van der Waals surface area contributed by atoms with Crippen molar-refractivity contribution in [2.24, 2.45) is 0 Å². The zero-order chi connectivity index (χ0) is 41.4. The fraction of sp³-hybridized carbons (Fsp3) is 0. The Morgan fingerprint density at radius 3 is 1.43 bits per heavy atom. The van der Waals surface area contributed by atoms with Gasteiger partial charge in [0.15, 0.2) is 0 Å². The van der Waals surface area contributed by atoms with Crippen LogP contribution in [0.4, 0.5) is 0 Å². The van der Waals surface area contributed by atoms with Gasteiger partial charge in [0.05, 0.1) is 22.1 Å². The summed E-state index contributed by atoms with van der Waals surface area (Å²) < 4.78 is 7.49. The minimum atomic E-state index is 1.14. The molecule has 0 saturated heterocycles. The molecule has 0 saturated carbocycles. The molecule has 2 nitrogen and oxygen atoms in total. The number of fused-ring (bicyclic) bond motifs is 9. The summed E-state index contributed by atoms with van der Waals surface area (Å²) >= 11 is 1.87. The number of hydrogen-bond acceptors (Lipinski definition) is 1. The van der Waals surface area contributed by atoms with Crippen molar-refractivity contribution in [1.29, 1.82) is 0 Å². The predicted octanol–water partition coefficient (Wildman–Crippen LogP) is 16.9. The van der Waals surface area contributed by atoms with Crippen LogP contribution in [0.25, 0.3) is 120 Å². The van der Waals surface area contributed by atoms with Gasteiger partial charge in [0.2, 0.25) is 0 Å². The summed E-state index contributed by atoms with van der Waals surface area (Å²) in [6, 6.07) is 84.5. The molecule has 0 unspecified atom stereocenters. The maximum Gasteiger partial charge on any atom is 0.0547 e. The van der Waals surface area contributed by atoms with E-state index in [-0.39, 0.29) is 0 Å². The van der Waals surface area contributed by atoms with Gasteiger partial charge in [-0.05, 0) is 105 Å². The van der Waals surface area contributed by atoms with Crippen molar-refractivity contribution in [3.63, 3.8) is 0 Å². The highest BCUT2D eigenvalue weighted by molar-refractivity contribution is 7.25. The average Bonchev–Trinajstić information content (AvgIpc) is 4.02. The Kier molecular flexibility index (Phi) is 8.12. The Morgan fingerprint density at radius 2 is 0.714 bits per heavy atom. The second-order valence-electron chi connectivity index (χ2n) is 16.5. The smallest absolute Gasteiger partial charge is 0.0547 e. The summed E-state index contributed by atoms with van der Waals surface area (Å²) in [4.78, 5) is 0. The van der Waals surface area contributed by atoms with E-state index >= 15 is 0 Å². The van der Waals surface area contributed by atoms with Gasteiger partial charge in [0.1, 0.15) is 0 Å². The summed E-state index contributed by atoms with van der Waals surface area (Å²) in [5.74, 6) is 0. The zero-order valence-corrected chi connectivity index (χ0v) is 35.1. The Morgan fingerprint density at radius 1 is 0.254 bits per heavy atom. The van der Waals surface area contributed by atoms with E-state index in [9.17, 15) is 0 Å². The van der Waals surface area contributed by atoms with E-state index in [1.54, 1.807) is 0 Å². The quantitative estimate of drug-likeness (QED) is 0.158. The van der Waals surface area contributed by atoms with Crippen molar-refractivity contribution in [1.82, 2.24) is 9.13 Å². The Bertz CT molecular complexity index is 3870. The lowest BCUT2D eigenvalue weighted by molar-refractivity contribution is 1.18. The van der Waals surface area contributed by atoms with Crippen LogP contribution in [-0.4, -0.2) is 9.13 Å². The Labute approximate surface area is 368 Å². The molecule has 0 N–H and O–H groups in total. The molecular weight excluding hydrogens is 781 g/mol. The van der Waals surface area contributed by atoms with Crippen LogP contribution in [0.5, 0.6) is 0 Å². The van der Waals surface area contributed by atoms with Gasteiger partial charge >= 0.3 is 0 Å². The van der Waals surface area contributed by atoms with Gasteiger partial charge < -0.3 is 9.13 Å². The first kappa shape index (κ1) is 35.7. The first-order valence-corrected chi connectivity index (χ1v) is 22.4. The summed E-state index contributed by atoms with van der Waals surface area (Å²) in [5, 5.41) is 7.71. The molecule has 0 fully saturated rings. The standard InChI is InChI=1S/C60H38N2S/c1-2-12-45(13-3-1)62-53-19-7-4-14-49(53)50-37-34-44(38-56(50)62)48-17-10-21-55-59(48)51-15-5-8-20-54(51)61(55)46-35-32-42(33-36-46)40-26-24-39(25-27-40)41-28-30-43(31-29-41)47-18-11-23-58-60(47)52-16-6-9-22-57(52)63-58/h1-38H. The van der Waals surface area contributed by atoms with Crippen molar-refractivity contribution in [3.05, 3.63) is 231 Å². The lowest BCUT2D eigenvalue weighted by atomic mass is 9.96. The third kappa shape index (κ3) is 5.71. The van der Waals surface area contributed by atoms with Crippen LogP contribution < -0.4 is 0 Å². The minimum absolute atomic E-state index is 1.14. The molecule has 63 heavy (non-hydrogen) atoms. The second kappa shape index (κ2) is 14.3. The van der Waals surface area contributed by atoms with Gasteiger partial charge in [-0.15, -0.1) is 11.3 Å². The molecular formula is C60H38N2S. The van der Waals surface area contributed by atoms with E-state index in [0.29, 0.717) is 0 Å². The van der Waals surface area contributed by atoms with Gasteiger partial charge in [-0.3, -0.25) is 0 Å². The maximum absolute atomic E-state index is 2.42. The topological polar surface area (TPSA) is 9.86 Å². The molecule has 13 rings (SSSR count). The van der Waals surface area contributed by atoms with Crippen LogP contribution in [0.1, 0.15) is 0 Å². The van der Waals surface area contributed by atoms with Crippen molar-refractivity contribution in [2.45, 2.75) is 0 Å². The van der Waals surface area contributed by atoms with Crippen molar-refractivity contribution in [2.75, 3.05) is 0 Å². The summed E-state index contributed by atoms with van der Waals surface area (Å²) in [6.07, 6.45) is 0. The number of rotatable bonds is 6. The number of hydrogen-bond donors (Lipinski definition) is 0. The van der Waals surface area contributed by atoms with Gasteiger partial charge in [0.25, 0.3) is 0 Å². The monoisotopic (exact) mass is 818 g/mol. The van der Waals surface area contributed by atoms with Crippen LogP contribution >= 0.6 is 11.3 Å². The van der Waals surface area contributed by atoms with Crippen LogP contribution in [0.15, 0.2) is 231 Å². The number of para-hydroxylation sites is 3. The molecule has 0 aliphatic carbocycles. The highest BCUT2D eigenvalue weighted by Crippen LogP contribution is 2.43. The molecule has 13 aromatic rings. The number of benzene rings is 10. The highest BCUT2D eigenvalue weighted by Gasteiger charge is 2.19. The first-order valence-electron chi connectivity index (χ1n) is 21.6. The van der Waals surface area contributed by atoms with Crippen molar-refractivity contribution < 1.29 is 0 Å². The minimum Gasteiger partial charge on any atom is -0.309 e. The van der Waals surface area contributed by atoms with E-state index < -0.39 is 0 Å². The third-order valence-electron chi connectivity index (χ3n) is 13.0. The van der Waals surface area contributed by atoms with Crippen molar-refractivity contribution >= 4 is 75.1 Å². The zero-order valence-electron chi connectivity index (χ0n) is 34.2. The highest BCUT2D eigenvalue weighted by atomic mass is 32.1. The van der Waals surface area contributed by atoms with E-state index in [4.69, 9.17) is 0 Å². The molecule has 0 aliphatic rings. The molecule has 0 aliphatic heterocycles. The predicted molar refractivity (Wildman–Crippen MR) is 270 cm³/mol. The molecule has 0 amide bonds. The van der Waals surface area contributed by atoms with Crippen LogP contribution in [-0.2, 0) is 0 Å². The number of thiophene rings is 1. The fourth-order valence-electron chi connectivity index (χ4n) is 10.0.